The number of hydrogen-bond acceptors (Lipinski definition) is 4. The molecule has 0 aromatic heterocycles. The number of carbonyl (C=O) groups is 1. The molecule has 1 aromatic rings. The predicted octanol–water partition coefficient (Wildman–Crippen LogP) is 1.43. The van der Waals surface area contributed by atoms with Crippen molar-refractivity contribution in [2.75, 3.05) is 18.1 Å². The van der Waals surface area contributed by atoms with Crippen molar-refractivity contribution >= 4 is 33.0 Å². The highest BCUT2D eigenvalue weighted by Crippen LogP contribution is 2.25. The summed E-state index contributed by atoms with van der Waals surface area (Å²) in [6, 6.07) is 4.67. The van der Waals surface area contributed by atoms with Gasteiger partial charge in [0.2, 0.25) is 5.91 Å². The van der Waals surface area contributed by atoms with Crippen LogP contribution in [-0.4, -0.2) is 33.2 Å². The van der Waals surface area contributed by atoms with Crippen LogP contribution in [0.15, 0.2) is 23.1 Å². The maximum Gasteiger partial charge on any atom is 0.238 e. The summed E-state index contributed by atoms with van der Waals surface area (Å²) in [6.07, 6.45) is 3.30. The minimum atomic E-state index is -3.32. The van der Waals surface area contributed by atoms with E-state index < -0.39 is 9.84 Å². The SMILES string of the molecule is CS(=O)(=O)c1ccc(Cl)c(NC(=O)CNC2CC2)c1. The van der Waals surface area contributed by atoms with Crippen LogP contribution in [0.1, 0.15) is 12.8 Å². The third kappa shape index (κ3) is 4.19. The van der Waals surface area contributed by atoms with Crippen LogP contribution in [0.25, 0.3) is 0 Å². The predicted molar refractivity (Wildman–Crippen MR) is 74.2 cm³/mol. The molecule has 1 saturated carbocycles. The fourth-order valence-electron chi connectivity index (χ4n) is 1.55. The maximum absolute atomic E-state index is 11.7. The van der Waals surface area contributed by atoms with E-state index in [1.807, 2.05) is 0 Å². The summed E-state index contributed by atoms with van der Waals surface area (Å²) in [4.78, 5) is 11.8. The van der Waals surface area contributed by atoms with Crippen LogP contribution in [0.5, 0.6) is 0 Å². The fourth-order valence-corrected chi connectivity index (χ4v) is 2.36. The molecular weight excluding hydrogens is 288 g/mol. The minimum Gasteiger partial charge on any atom is -0.324 e. The van der Waals surface area contributed by atoms with Gasteiger partial charge in [0.15, 0.2) is 9.84 Å². The highest BCUT2D eigenvalue weighted by atomic mass is 35.5. The number of sulfone groups is 1. The Kier molecular flexibility index (Phi) is 4.13. The van der Waals surface area contributed by atoms with Gasteiger partial charge in [-0.05, 0) is 31.0 Å². The van der Waals surface area contributed by atoms with Gasteiger partial charge in [-0.25, -0.2) is 8.42 Å². The molecule has 1 amide bonds. The Morgan fingerprint density at radius 1 is 1.42 bits per heavy atom. The summed E-state index contributed by atoms with van der Waals surface area (Å²) in [5, 5.41) is 5.99. The van der Waals surface area contributed by atoms with Crippen molar-refractivity contribution in [2.24, 2.45) is 0 Å². The molecule has 0 aliphatic heterocycles. The van der Waals surface area contributed by atoms with Crippen molar-refractivity contribution in [2.45, 2.75) is 23.8 Å². The van der Waals surface area contributed by atoms with Crippen LogP contribution in [0.2, 0.25) is 5.02 Å². The first kappa shape index (κ1) is 14.3. The van der Waals surface area contributed by atoms with Gasteiger partial charge in [-0.1, -0.05) is 11.6 Å². The Balaban J connectivity index is 2.07. The quantitative estimate of drug-likeness (QED) is 0.863. The van der Waals surface area contributed by atoms with Crippen LogP contribution < -0.4 is 10.6 Å². The topological polar surface area (TPSA) is 75.3 Å². The van der Waals surface area contributed by atoms with Crippen molar-refractivity contribution in [1.82, 2.24) is 5.32 Å². The molecule has 7 heteroatoms. The Hall–Kier alpha value is -1.11. The second-order valence-electron chi connectivity index (χ2n) is 4.62. The highest BCUT2D eigenvalue weighted by molar-refractivity contribution is 7.90. The summed E-state index contributed by atoms with van der Waals surface area (Å²) in [5.41, 5.74) is 0.312. The largest absolute Gasteiger partial charge is 0.324 e. The normalized spacial score (nSPS) is 15.3. The minimum absolute atomic E-state index is 0.127. The van der Waals surface area contributed by atoms with Gasteiger partial charge in [0.05, 0.1) is 22.2 Å². The van der Waals surface area contributed by atoms with Gasteiger partial charge in [-0.15, -0.1) is 0 Å². The summed E-state index contributed by atoms with van der Waals surface area (Å²) < 4.78 is 22.9. The Morgan fingerprint density at radius 2 is 2.11 bits per heavy atom. The Morgan fingerprint density at radius 3 is 2.68 bits per heavy atom. The van der Waals surface area contributed by atoms with Crippen molar-refractivity contribution in [3.05, 3.63) is 23.2 Å². The van der Waals surface area contributed by atoms with Gasteiger partial charge in [0.1, 0.15) is 0 Å². The average molecular weight is 303 g/mol. The van der Waals surface area contributed by atoms with Crippen molar-refractivity contribution in [3.63, 3.8) is 0 Å². The van der Waals surface area contributed by atoms with E-state index in [4.69, 9.17) is 11.6 Å². The highest BCUT2D eigenvalue weighted by Gasteiger charge is 2.21. The molecule has 2 N–H and O–H groups in total. The van der Waals surface area contributed by atoms with E-state index in [0.717, 1.165) is 19.1 Å². The number of benzene rings is 1. The fraction of sp³-hybridized carbons (Fsp3) is 0.417. The molecule has 1 aromatic carbocycles. The number of halogens is 1. The lowest BCUT2D eigenvalue weighted by molar-refractivity contribution is -0.115. The molecule has 1 aliphatic rings. The molecule has 0 unspecified atom stereocenters. The average Bonchev–Trinajstić information content (AvgIpc) is 3.12. The molecule has 19 heavy (non-hydrogen) atoms. The van der Waals surface area contributed by atoms with Crippen molar-refractivity contribution in [1.29, 1.82) is 0 Å². The number of nitrogens with one attached hydrogen (secondary N) is 2. The molecular formula is C12H15ClN2O3S. The molecule has 0 spiro atoms. The number of rotatable bonds is 5. The lowest BCUT2D eigenvalue weighted by Gasteiger charge is -2.09. The lowest BCUT2D eigenvalue weighted by atomic mass is 10.3. The molecule has 2 rings (SSSR count). The van der Waals surface area contributed by atoms with E-state index >= 15 is 0 Å². The summed E-state index contributed by atoms with van der Waals surface area (Å²) in [5.74, 6) is -0.237. The number of hydrogen-bond donors (Lipinski definition) is 2. The van der Waals surface area contributed by atoms with Crippen LogP contribution in [0.4, 0.5) is 5.69 Å². The van der Waals surface area contributed by atoms with Gasteiger partial charge in [-0.2, -0.15) is 0 Å². The summed E-state index contributed by atoms with van der Waals surface area (Å²) in [6.45, 7) is 0.199. The third-order valence-electron chi connectivity index (χ3n) is 2.77. The van der Waals surface area contributed by atoms with Gasteiger partial charge >= 0.3 is 0 Å². The zero-order chi connectivity index (χ0) is 14.0. The van der Waals surface area contributed by atoms with Crippen LogP contribution in [0, 0.1) is 0 Å². The molecule has 0 atom stereocenters. The Labute approximate surface area is 117 Å². The molecule has 0 radical (unpaired) electrons. The molecule has 0 bridgehead atoms. The molecule has 0 saturated heterocycles. The maximum atomic E-state index is 11.7. The first-order chi connectivity index (χ1) is 8.86. The van der Waals surface area contributed by atoms with Crippen LogP contribution in [-0.2, 0) is 14.6 Å². The monoisotopic (exact) mass is 302 g/mol. The number of amides is 1. The van der Waals surface area contributed by atoms with E-state index in [9.17, 15) is 13.2 Å². The van der Waals surface area contributed by atoms with Crippen molar-refractivity contribution in [3.8, 4) is 0 Å². The van der Waals surface area contributed by atoms with Gasteiger partial charge in [-0.3, -0.25) is 4.79 Å². The van der Waals surface area contributed by atoms with Gasteiger partial charge in [0.25, 0.3) is 0 Å². The lowest BCUT2D eigenvalue weighted by Crippen LogP contribution is -2.29. The van der Waals surface area contributed by atoms with E-state index in [1.54, 1.807) is 0 Å². The number of anilines is 1. The summed E-state index contributed by atoms with van der Waals surface area (Å²) >= 11 is 5.94. The number of carbonyl (C=O) groups excluding carboxylic acids is 1. The second kappa shape index (κ2) is 5.48. The third-order valence-corrected chi connectivity index (χ3v) is 4.21. The smallest absolute Gasteiger partial charge is 0.238 e. The summed E-state index contributed by atoms with van der Waals surface area (Å²) in [7, 11) is -3.32. The molecule has 0 heterocycles. The first-order valence-electron chi connectivity index (χ1n) is 5.89. The molecule has 1 aliphatic carbocycles. The van der Waals surface area contributed by atoms with Gasteiger partial charge in [0, 0.05) is 12.3 Å². The Bertz CT molecular complexity index is 597. The zero-order valence-corrected chi connectivity index (χ0v) is 12.0. The van der Waals surface area contributed by atoms with E-state index in [-0.39, 0.29) is 17.3 Å². The van der Waals surface area contributed by atoms with E-state index in [1.165, 1.54) is 18.2 Å². The molecule has 104 valence electrons. The van der Waals surface area contributed by atoms with Crippen LogP contribution >= 0.6 is 11.6 Å². The zero-order valence-electron chi connectivity index (χ0n) is 10.4. The molecule has 1 fully saturated rings. The first-order valence-corrected chi connectivity index (χ1v) is 8.16. The molecule has 5 nitrogen and oxygen atoms in total. The van der Waals surface area contributed by atoms with E-state index in [0.29, 0.717) is 16.8 Å². The second-order valence-corrected chi connectivity index (χ2v) is 7.04. The van der Waals surface area contributed by atoms with Crippen LogP contribution in [0.3, 0.4) is 0 Å². The standard InChI is InChI=1S/C12H15ClN2O3S/c1-19(17,18)9-4-5-10(13)11(6-9)15-12(16)7-14-8-2-3-8/h4-6,8,14H,2-3,7H2,1H3,(H,15,16). The van der Waals surface area contributed by atoms with Crippen molar-refractivity contribution < 1.29 is 13.2 Å². The van der Waals surface area contributed by atoms with Gasteiger partial charge < -0.3 is 10.6 Å². The van der Waals surface area contributed by atoms with E-state index in [2.05, 4.69) is 10.6 Å².